The number of nitrogens with zero attached hydrogens (tertiary/aromatic N) is 3. The smallest absolute Gasteiger partial charge is 0.204 e. The third-order valence-corrected chi connectivity index (χ3v) is 2.33. The molecule has 0 amide bonds. The molecule has 5 heteroatoms. The highest BCUT2D eigenvalue weighted by Crippen LogP contribution is 2.14. The van der Waals surface area contributed by atoms with Crippen molar-refractivity contribution in [1.29, 1.82) is 0 Å². The maximum Gasteiger partial charge on any atom is 0.204 e. The molecular weight excluding hydrogens is 274 g/mol. The minimum absolute atomic E-state index is 0.716. The summed E-state index contributed by atoms with van der Waals surface area (Å²) in [6, 6.07) is 3.82. The van der Waals surface area contributed by atoms with Crippen molar-refractivity contribution < 1.29 is 0 Å². The third kappa shape index (κ3) is 1.18. The first-order chi connectivity index (χ1) is 5.27. The zero-order chi connectivity index (χ0) is 7.84. The predicted octanol–water partition coefficient (Wildman–Crippen LogP) is 2.25. The molecule has 0 radical (unpaired) electrons. The monoisotopic (exact) mass is 275 g/mol. The van der Waals surface area contributed by atoms with E-state index in [9.17, 15) is 0 Å². The lowest BCUT2D eigenvalue weighted by Gasteiger charge is -1.92. The Morgan fingerprint density at radius 3 is 2.82 bits per heavy atom. The average molecular weight is 277 g/mol. The van der Waals surface area contributed by atoms with Crippen LogP contribution in [0.3, 0.4) is 0 Å². The van der Waals surface area contributed by atoms with Crippen molar-refractivity contribution in [1.82, 2.24) is 14.6 Å². The van der Waals surface area contributed by atoms with Crippen LogP contribution >= 0.6 is 31.9 Å². The normalized spacial score (nSPS) is 10.7. The Morgan fingerprint density at radius 2 is 2.00 bits per heavy atom. The van der Waals surface area contributed by atoms with Crippen molar-refractivity contribution in [3.8, 4) is 0 Å². The molecule has 0 saturated carbocycles. The van der Waals surface area contributed by atoms with Crippen LogP contribution in [0.5, 0.6) is 0 Å². The molecule has 2 heterocycles. The Morgan fingerprint density at radius 1 is 1.18 bits per heavy atom. The van der Waals surface area contributed by atoms with Crippen molar-refractivity contribution in [2.45, 2.75) is 0 Å². The lowest BCUT2D eigenvalue weighted by Crippen LogP contribution is -1.82. The maximum atomic E-state index is 3.90. The first-order valence-electron chi connectivity index (χ1n) is 2.93. The molecule has 2 rings (SSSR count). The van der Waals surface area contributed by atoms with E-state index in [-0.39, 0.29) is 0 Å². The fourth-order valence-electron chi connectivity index (χ4n) is 0.837. The Kier molecular flexibility index (Phi) is 1.69. The Balaban J connectivity index is 2.87. The van der Waals surface area contributed by atoms with Gasteiger partial charge in [0.15, 0.2) is 5.65 Å². The van der Waals surface area contributed by atoms with Gasteiger partial charge in [0.2, 0.25) is 4.73 Å². The molecule has 0 spiro atoms. The molecule has 0 N–H and O–H groups in total. The van der Waals surface area contributed by atoms with Gasteiger partial charge in [-0.2, -0.15) is 0 Å². The van der Waals surface area contributed by atoms with Crippen LogP contribution in [0.25, 0.3) is 5.65 Å². The summed E-state index contributed by atoms with van der Waals surface area (Å²) in [5.41, 5.74) is 0.833. The van der Waals surface area contributed by atoms with Gasteiger partial charge in [-0.25, -0.2) is 0 Å². The molecule has 0 bridgehead atoms. The van der Waals surface area contributed by atoms with Crippen LogP contribution in [0.2, 0.25) is 0 Å². The zero-order valence-corrected chi connectivity index (χ0v) is 8.50. The van der Waals surface area contributed by atoms with Crippen LogP contribution in [-0.2, 0) is 0 Å². The molecule has 0 aliphatic carbocycles. The van der Waals surface area contributed by atoms with Gasteiger partial charge >= 0.3 is 0 Å². The van der Waals surface area contributed by atoms with Crippen molar-refractivity contribution in [2.24, 2.45) is 0 Å². The molecule has 0 aromatic carbocycles. The van der Waals surface area contributed by atoms with Crippen molar-refractivity contribution >= 4 is 37.5 Å². The summed E-state index contributed by atoms with van der Waals surface area (Å²) in [5.74, 6) is 0. The largest absolute Gasteiger partial charge is 0.276 e. The van der Waals surface area contributed by atoms with E-state index in [1.54, 1.807) is 0 Å². The Labute approximate surface area is 79.7 Å². The van der Waals surface area contributed by atoms with Gasteiger partial charge in [-0.3, -0.25) is 4.40 Å². The molecule has 0 unspecified atom stereocenters. The molecule has 0 saturated heterocycles. The van der Waals surface area contributed by atoms with Crippen LogP contribution in [0.4, 0.5) is 0 Å². The van der Waals surface area contributed by atoms with Gasteiger partial charge in [0.1, 0.15) is 0 Å². The summed E-state index contributed by atoms with van der Waals surface area (Å²) in [6.45, 7) is 0. The molecule has 0 aliphatic rings. The second-order valence-corrected chi connectivity index (χ2v) is 3.67. The van der Waals surface area contributed by atoms with E-state index in [1.165, 1.54) is 0 Å². The van der Waals surface area contributed by atoms with Gasteiger partial charge in [-0.15, -0.1) is 10.2 Å². The average Bonchev–Trinajstić information content (AvgIpc) is 2.33. The highest BCUT2D eigenvalue weighted by molar-refractivity contribution is 9.10. The van der Waals surface area contributed by atoms with E-state index in [1.807, 2.05) is 22.7 Å². The Bertz CT molecular complexity index is 396. The van der Waals surface area contributed by atoms with Crippen molar-refractivity contribution in [3.05, 3.63) is 27.5 Å². The van der Waals surface area contributed by atoms with E-state index in [2.05, 4.69) is 42.1 Å². The molecule has 2 aromatic rings. The molecule has 11 heavy (non-hydrogen) atoms. The fourth-order valence-corrected chi connectivity index (χ4v) is 1.54. The third-order valence-electron chi connectivity index (χ3n) is 1.32. The summed E-state index contributed by atoms with van der Waals surface area (Å²) < 4.78 is 3.57. The topological polar surface area (TPSA) is 30.2 Å². The number of hydrogen-bond donors (Lipinski definition) is 0. The molecule has 0 fully saturated rings. The molecule has 3 nitrogen and oxygen atoms in total. The fraction of sp³-hybridized carbons (Fsp3) is 0. The number of rotatable bonds is 0. The van der Waals surface area contributed by atoms with Crippen molar-refractivity contribution in [2.75, 3.05) is 0 Å². The Hall–Kier alpha value is -0.420. The lowest BCUT2D eigenvalue weighted by atomic mass is 10.5. The van der Waals surface area contributed by atoms with Crippen LogP contribution in [0.1, 0.15) is 0 Å². The number of fused-ring (bicyclic) bond motifs is 1. The van der Waals surface area contributed by atoms with Crippen LogP contribution in [0, 0.1) is 0 Å². The van der Waals surface area contributed by atoms with E-state index >= 15 is 0 Å². The number of hydrogen-bond acceptors (Lipinski definition) is 2. The molecular formula is C6H3Br2N3. The van der Waals surface area contributed by atoms with Crippen LogP contribution < -0.4 is 0 Å². The van der Waals surface area contributed by atoms with E-state index in [0.29, 0.717) is 4.73 Å². The standard InChI is InChI=1S/C6H3Br2N3/c7-4-1-2-5-9-10-6(8)11(5)3-4/h1-3H. The number of pyridine rings is 1. The maximum absolute atomic E-state index is 3.90. The van der Waals surface area contributed by atoms with E-state index < -0.39 is 0 Å². The van der Waals surface area contributed by atoms with E-state index in [0.717, 1.165) is 10.1 Å². The second-order valence-electron chi connectivity index (χ2n) is 2.04. The predicted molar refractivity (Wildman–Crippen MR) is 48.4 cm³/mol. The first-order valence-corrected chi connectivity index (χ1v) is 4.52. The quantitative estimate of drug-likeness (QED) is 0.739. The first kappa shape index (κ1) is 7.24. The molecule has 2 aromatic heterocycles. The number of halogens is 2. The summed E-state index contributed by atoms with van der Waals surface area (Å²) in [4.78, 5) is 0. The van der Waals surface area contributed by atoms with E-state index in [4.69, 9.17) is 0 Å². The van der Waals surface area contributed by atoms with Crippen LogP contribution in [0.15, 0.2) is 27.5 Å². The lowest BCUT2D eigenvalue weighted by molar-refractivity contribution is 1.05. The molecule has 0 aliphatic heterocycles. The highest BCUT2D eigenvalue weighted by atomic mass is 79.9. The van der Waals surface area contributed by atoms with Crippen molar-refractivity contribution in [3.63, 3.8) is 0 Å². The zero-order valence-electron chi connectivity index (χ0n) is 5.33. The number of aromatic nitrogens is 3. The second kappa shape index (κ2) is 2.57. The van der Waals surface area contributed by atoms with Gasteiger partial charge in [-0.05, 0) is 44.0 Å². The van der Waals surface area contributed by atoms with Gasteiger partial charge in [0.25, 0.3) is 0 Å². The summed E-state index contributed by atoms with van der Waals surface area (Å²) >= 11 is 6.62. The summed E-state index contributed by atoms with van der Waals surface area (Å²) in [6.07, 6.45) is 1.90. The molecule has 0 atom stereocenters. The van der Waals surface area contributed by atoms with Gasteiger partial charge in [-0.1, -0.05) is 0 Å². The minimum atomic E-state index is 0.716. The minimum Gasteiger partial charge on any atom is -0.276 e. The summed E-state index contributed by atoms with van der Waals surface area (Å²) in [5, 5.41) is 7.75. The highest BCUT2D eigenvalue weighted by Gasteiger charge is 2.00. The van der Waals surface area contributed by atoms with Gasteiger partial charge < -0.3 is 0 Å². The molecule has 56 valence electrons. The van der Waals surface area contributed by atoms with Gasteiger partial charge in [0, 0.05) is 10.7 Å². The SMILES string of the molecule is Brc1ccc2nnc(Br)n2c1. The summed E-state index contributed by atoms with van der Waals surface area (Å²) in [7, 11) is 0. The van der Waals surface area contributed by atoms with Gasteiger partial charge in [0.05, 0.1) is 0 Å². The van der Waals surface area contributed by atoms with Crippen LogP contribution in [-0.4, -0.2) is 14.6 Å².